The minimum atomic E-state index is -0.443. The summed E-state index contributed by atoms with van der Waals surface area (Å²) in [6.07, 6.45) is 0. The smallest absolute Gasteiger partial charge is 0.399 e. The Morgan fingerprint density at radius 2 is 1.82 bits per heavy atom. The van der Waals surface area contributed by atoms with E-state index in [1.165, 1.54) is 0 Å². The molecule has 0 aliphatic carbocycles. The van der Waals surface area contributed by atoms with E-state index < -0.39 is 18.3 Å². The van der Waals surface area contributed by atoms with E-state index in [2.05, 4.69) is 10.0 Å². The third-order valence-electron chi connectivity index (χ3n) is 4.66. The molecule has 1 aromatic rings. The molecule has 2 N–H and O–H groups in total. The summed E-state index contributed by atoms with van der Waals surface area (Å²) < 4.78 is 12.2. The molecule has 22 heavy (non-hydrogen) atoms. The van der Waals surface area contributed by atoms with Crippen molar-refractivity contribution >= 4 is 12.6 Å². The maximum Gasteiger partial charge on any atom is 0.495 e. The molecule has 1 saturated heterocycles. The SMILES string of the molecule is Cc1c(CN)cc(CN=[N+]=[N-])cc1B1OC(C)(C)C(C)(C)O1. The van der Waals surface area contributed by atoms with E-state index in [-0.39, 0.29) is 6.54 Å². The molecule has 0 bridgehead atoms. The van der Waals surface area contributed by atoms with E-state index in [1.807, 2.05) is 46.8 Å². The fraction of sp³-hybridized carbons (Fsp3) is 0.600. The summed E-state index contributed by atoms with van der Waals surface area (Å²) in [5, 5.41) is 3.63. The summed E-state index contributed by atoms with van der Waals surface area (Å²) in [4.78, 5) is 2.81. The highest BCUT2D eigenvalue weighted by atomic mass is 16.7. The second-order valence-corrected chi connectivity index (χ2v) is 6.65. The van der Waals surface area contributed by atoms with Gasteiger partial charge in [0.1, 0.15) is 0 Å². The van der Waals surface area contributed by atoms with Gasteiger partial charge in [-0.05, 0) is 62.3 Å². The molecule has 0 radical (unpaired) electrons. The first-order valence-corrected chi connectivity index (χ1v) is 7.40. The van der Waals surface area contributed by atoms with Crippen LogP contribution in [0.25, 0.3) is 10.4 Å². The molecule has 0 saturated carbocycles. The Morgan fingerprint density at radius 3 is 2.32 bits per heavy atom. The van der Waals surface area contributed by atoms with E-state index in [1.54, 1.807) is 0 Å². The fourth-order valence-corrected chi connectivity index (χ4v) is 2.50. The number of azide groups is 1. The van der Waals surface area contributed by atoms with E-state index in [0.29, 0.717) is 6.54 Å². The number of nitrogens with zero attached hydrogens (tertiary/aromatic N) is 3. The largest absolute Gasteiger partial charge is 0.495 e. The lowest BCUT2D eigenvalue weighted by molar-refractivity contribution is 0.00578. The summed E-state index contributed by atoms with van der Waals surface area (Å²) in [5.74, 6) is 0. The summed E-state index contributed by atoms with van der Waals surface area (Å²) >= 11 is 0. The first kappa shape index (κ1) is 16.8. The van der Waals surface area contributed by atoms with Crippen LogP contribution in [0.15, 0.2) is 17.2 Å². The van der Waals surface area contributed by atoms with Gasteiger partial charge >= 0.3 is 7.12 Å². The molecule has 1 fully saturated rings. The predicted molar refractivity (Wildman–Crippen MR) is 87.6 cm³/mol. The zero-order valence-corrected chi connectivity index (χ0v) is 13.9. The van der Waals surface area contributed by atoms with Gasteiger partial charge in [0, 0.05) is 11.5 Å². The molecule has 118 valence electrons. The summed E-state index contributed by atoms with van der Waals surface area (Å²) in [5.41, 5.74) is 17.5. The van der Waals surface area contributed by atoms with E-state index in [0.717, 1.165) is 22.2 Å². The van der Waals surface area contributed by atoms with Crippen LogP contribution in [-0.2, 0) is 22.4 Å². The Kier molecular flexibility index (Phi) is 4.54. The molecule has 2 rings (SSSR count). The van der Waals surface area contributed by atoms with Crippen molar-refractivity contribution in [2.24, 2.45) is 10.8 Å². The van der Waals surface area contributed by atoms with Gasteiger partial charge in [-0.1, -0.05) is 17.2 Å². The second kappa shape index (κ2) is 5.93. The van der Waals surface area contributed by atoms with Crippen LogP contribution >= 0.6 is 0 Å². The first-order valence-electron chi connectivity index (χ1n) is 7.40. The summed E-state index contributed by atoms with van der Waals surface area (Å²) in [6.45, 7) is 10.8. The molecule has 1 heterocycles. The zero-order chi connectivity index (χ0) is 16.5. The van der Waals surface area contributed by atoms with Crippen LogP contribution in [0.3, 0.4) is 0 Å². The summed E-state index contributed by atoms with van der Waals surface area (Å²) in [7, 11) is -0.443. The van der Waals surface area contributed by atoms with Crippen molar-refractivity contribution in [2.75, 3.05) is 0 Å². The maximum absolute atomic E-state index is 8.51. The minimum absolute atomic E-state index is 0.288. The average Bonchev–Trinajstić information content (AvgIpc) is 2.66. The molecule has 0 amide bonds. The van der Waals surface area contributed by atoms with Gasteiger partial charge in [0.05, 0.1) is 17.7 Å². The van der Waals surface area contributed by atoms with Gasteiger partial charge in [0.15, 0.2) is 0 Å². The maximum atomic E-state index is 8.51. The second-order valence-electron chi connectivity index (χ2n) is 6.65. The highest BCUT2D eigenvalue weighted by Crippen LogP contribution is 2.36. The molecule has 1 aliphatic heterocycles. The van der Waals surface area contributed by atoms with Gasteiger partial charge in [0.25, 0.3) is 0 Å². The molecule has 1 aliphatic rings. The molecule has 6 nitrogen and oxygen atoms in total. The first-order chi connectivity index (χ1) is 10.2. The number of nitrogens with two attached hydrogens (primary N) is 1. The molecule has 7 heteroatoms. The number of hydrogen-bond acceptors (Lipinski definition) is 4. The number of hydrogen-bond donors (Lipinski definition) is 1. The van der Waals surface area contributed by atoms with Crippen LogP contribution < -0.4 is 11.2 Å². The molecule has 0 aromatic heterocycles. The van der Waals surface area contributed by atoms with Crippen LogP contribution in [-0.4, -0.2) is 18.3 Å². The van der Waals surface area contributed by atoms with Crippen LogP contribution in [0.1, 0.15) is 44.4 Å². The van der Waals surface area contributed by atoms with E-state index >= 15 is 0 Å². The zero-order valence-electron chi connectivity index (χ0n) is 13.9. The van der Waals surface area contributed by atoms with Crippen LogP contribution in [0, 0.1) is 6.92 Å². The molecule has 1 aromatic carbocycles. The van der Waals surface area contributed by atoms with Crippen molar-refractivity contribution in [3.8, 4) is 0 Å². The molecular formula is C15H23BN4O2. The van der Waals surface area contributed by atoms with Gasteiger partial charge < -0.3 is 15.0 Å². The Labute approximate surface area is 131 Å². The van der Waals surface area contributed by atoms with Crippen molar-refractivity contribution in [3.63, 3.8) is 0 Å². The number of benzene rings is 1. The van der Waals surface area contributed by atoms with Crippen LogP contribution in [0.5, 0.6) is 0 Å². The Hall–Kier alpha value is -1.53. The topological polar surface area (TPSA) is 93.2 Å². The monoisotopic (exact) mass is 302 g/mol. The molecule has 0 atom stereocenters. The lowest BCUT2D eigenvalue weighted by Gasteiger charge is -2.32. The third kappa shape index (κ3) is 2.98. The van der Waals surface area contributed by atoms with Gasteiger partial charge in [-0.25, -0.2) is 0 Å². The summed E-state index contributed by atoms with van der Waals surface area (Å²) in [6, 6.07) is 3.95. The van der Waals surface area contributed by atoms with Crippen LogP contribution in [0.4, 0.5) is 0 Å². The van der Waals surface area contributed by atoms with E-state index in [9.17, 15) is 0 Å². The van der Waals surface area contributed by atoms with Gasteiger partial charge in [0.2, 0.25) is 0 Å². The fourth-order valence-electron chi connectivity index (χ4n) is 2.50. The van der Waals surface area contributed by atoms with Crippen molar-refractivity contribution in [1.29, 1.82) is 0 Å². The third-order valence-corrected chi connectivity index (χ3v) is 4.66. The lowest BCUT2D eigenvalue weighted by atomic mass is 9.74. The van der Waals surface area contributed by atoms with Gasteiger partial charge in [-0.3, -0.25) is 0 Å². The number of rotatable bonds is 4. The molecule has 0 unspecified atom stereocenters. The Morgan fingerprint density at radius 1 is 1.23 bits per heavy atom. The quantitative estimate of drug-likeness (QED) is 0.401. The lowest BCUT2D eigenvalue weighted by Crippen LogP contribution is -2.41. The average molecular weight is 302 g/mol. The highest BCUT2D eigenvalue weighted by molar-refractivity contribution is 6.62. The Bertz CT molecular complexity index is 608. The van der Waals surface area contributed by atoms with Crippen molar-refractivity contribution in [3.05, 3.63) is 39.3 Å². The normalized spacial score (nSPS) is 19.1. The molecular weight excluding hydrogens is 279 g/mol. The van der Waals surface area contributed by atoms with Gasteiger partial charge in [-0.15, -0.1) is 0 Å². The van der Waals surface area contributed by atoms with Crippen molar-refractivity contribution in [1.82, 2.24) is 0 Å². The van der Waals surface area contributed by atoms with E-state index in [4.69, 9.17) is 20.6 Å². The predicted octanol–water partition coefficient (Wildman–Crippen LogP) is 2.56. The van der Waals surface area contributed by atoms with Crippen LogP contribution in [0.2, 0.25) is 0 Å². The highest BCUT2D eigenvalue weighted by Gasteiger charge is 2.52. The standard InChI is InChI=1S/C15H23BN4O2/c1-10-12(8-17)6-11(9-19-20-18)7-13(10)16-21-14(2,3)15(4,5)22-16/h6-7H,8-9,17H2,1-5H3. The Balaban J connectivity index is 2.44. The van der Waals surface area contributed by atoms with Crippen molar-refractivity contribution < 1.29 is 9.31 Å². The van der Waals surface area contributed by atoms with Crippen molar-refractivity contribution in [2.45, 2.75) is 58.9 Å². The minimum Gasteiger partial charge on any atom is -0.399 e. The van der Waals surface area contributed by atoms with Gasteiger partial charge in [-0.2, -0.15) is 0 Å². The molecule has 0 spiro atoms.